The number of hydrogen-bond donors (Lipinski definition) is 1. The van der Waals surface area contributed by atoms with Crippen LogP contribution in [0.25, 0.3) is 0 Å². The Bertz CT molecular complexity index is 1170. The summed E-state index contributed by atoms with van der Waals surface area (Å²) in [6.45, 7) is 6.50. The van der Waals surface area contributed by atoms with Crippen molar-refractivity contribution >= 4 is 17.4 Å². The third-order valence-corrected chi connectivity index (χ3v) is 6.30. The van der Waals surface area contributed by atoms with E-state index in [0.717, 1.165) is 29.5 Å². The highest BCUT2D eigenvalue weighted by Gasteiger charge is 2.50. The second kappa shape index (κ2) is 8.71. The lowest BCUT2D eigenvalue weighted by atomic mass is 9.88. The molecule has 0 aromatic heterocycles. The van der Waals surface area contributed by atoms with Crippen molar-refractivity contribution in [3.63, 3.8) is 0 Å². The van der Waals surface area contributed by atoms with Gasteiger partial charge in [0.05, 0.1) is 18.7 Å². The zero-order valence-electron chi connectivity index (χ0n) is 18.9. The van der Waals surface area contributed by atoms with Crippen LogP contribution in [0.2, 0.25) is 0 Å². The quantitative estimate of drug-likeness (QED) is 0.523. The van der Waals surface area contributed by atoms with Gasteiger partial charge in [-0.2, -0.15) is 0 Å². The van der Waals surface area contributed by atoms with Crippen molar-refractivity contribution in [2.24, 2.45) is 0 Å². The van der Waals surface area contributed by atoms with E-state index in [9.17, 15) is 14.7 Å². The SMILES string of the molecule is CCCc1ccc(C(=O)C[C@]2(O)C(=O)N(Cc3cc(C)ccc3C)c3ccccc32)cc1. The van der Waals surface area contributed by atoms with Gasteiger partial charge in [-0.25, -0.2) is 0 Å². The normalized spacial score (nSPS) is 17.5. The molecule has 0 radical (unpaired) electrons. The van der Waals surface area contributed by atoms with Crippen LogP contribution in [0.5, 0.6) is 0 Å². The van der Waals surface area contributed by atoms with Crippen molar-refractivity contribution < 1.29 is 14.7 Å². The molecule has 4 nitrogen and oxygen atoms in total. The Morgan fingerprint density at radius 2 is 1.72 bits per heavy atom. The smallest absolute Gasteiger partial charge is 0.264 e. The van der Waals surface area contributed by atoms with Crippen LogP contribution in [-0.4, -0.2) is 16.8 Å². The molecule has 0 aliphatic carbocycles. The highest BCUT2D eigenvalue weighted by Crippen LogP contribution is 2.43. The van der Waals surface area contributed by atoms with E-state index in [-0.39, 0.29) is 12.2 Å². The zero-order chi connectivity index (χ0) is 22.9. The van der Waals surface area contributed by atoms with Crippen LogP contribution in [0, 0.1) is 13.8 Å². The van der Waals surface area contributed by atoms with Crippen LogP contribution in [0.15, 0.2) is 66.7 Å². The zero-order valence-corrected chi connectivity index (χ0v) is 18.9. The molecule has 4 rings (SSSR count). The summed E-state index contributed by atoms with van der Waals surface area (Å²) in [6, 6.07) is 20.8. The first-order valence-electron chi connectivity index (χ1n) is 11.2. The van der Waals surface area contributed by atoms with Crippen molar-refractivity contribution in [2.75, 3.05) is 4.90 Å². The number of carbonyl (C=O) groups excluding carboxylic acids is 2. The van der Waals surface area contributed by atoms with Crippen molar-refractivity contribution in [3.05, 3.63) is 100 Å². The molecule has 1 heterocycles. The molecular formula is C28H29NO3. The van der Waals surface area contributed by atoms with Crippen molar-refractivity contribution in [1.29, 1.82) is 0 Å². The van der Waals surface area contributed by atoms with E-state index in [1.165, 1.54) is 5.56 Å². The minimum atomic E-state index is -1.87. The van der Waals surface area contributed by atoms with Gasteiger partial charge in [0.2, 0.25) is 0 Å². The summed E-state index contributed by atoms with van der Waals surface area (Å²) in [7, 11) is 0. The average Bonchev–Trinajstić information content (AvgIpc) is 2.99. The van der Waals surface area contributed by atoms with Crippen LogP contribution < -0.4 is 4.90 Å². The van der Waals surface area contributed by atoms with E-state index in [2.05, 4.69) is 13.0 Å². The number of amides is 1. The molecule has 0 saturated heterocycles. The van der Waals surface area contributed by atoms with E-state index < -0.39 is 11.5 Å². The highest BCUT2D eigenvalue weighted by molar-refractivity contribution is 6.10. The summed E-state index contributed by atoms with van der Waals surface area (Å²) in [5.74, 6) is -0.692. The van der Waals surface area contributed by atoms with Crippen LogP contribution in [0.1, 0.15) is 57.9 Å². The summed E-state index contributed by atoms with van der Waals surface area (Å²) in [4.78, 5) is 28.2. The standard InChI is InChI=1S/C28H29NO3/c1-4-7-21-12-14-22(15-13-21)26(30)17-28(32)24-8-5-6-9-25(24)29(27(28)31)18-23-16-19(2)10-11-20(23)3/h5-6,8-16,32H,4,7,17-18H2,1-3H3/t28-/m1/s1. The molecule has 1 atom stereocenters. The van der Waals surface area contributed by atoms with Gasteiger partial charge in [0.15, 0.2) is 11.4 Å². The highest BCUT2D eigenvalue weighted by atomic mass is 16.3. The fourth-order valence-corrected chi connectivity index (χ4v) is 4.46. The van der Waals surface area contributed by atoms with E-state index in [1.807, 2.05) is 50.2 Å². The van der Waals surface area contributed by atoms with Gasteiger partial charge in [0, 0.05) is 11.1 Å². The van der Waals surface area contributed by atoms with Crippen LogP contribution in [0.3, 0.4) is 0 Å². The summed E-state index contributed by atoms with van der Waals surface area (Å²) in [5, 5.41) is 11.5. The van der Waals surface area contributed by atoms with Gasteiger partial charge in [0.1, 0.15) is 0 Å². The lowest BCUT2D eigenvalue weighted by Crippen LogP contribution is -2.41. The maximum Gasteiger partial charge on any atom is 0.264 e. The average molecular weight is 428 g/mol. The Morgan fingerprint density at radius 3 is 2.44 bits per heavy atom. The van der Waals surface area contributed by atoms with E-state index in [0.29, 0.717) is 23.4 Å². The molecule has 1 N–H and O–H groups in total. The minimum Gasteiger partial charge on any atom is -0.375 e. The second-order valence-corrected chi connectivity index (χ2v) is 8.75. The number of hydrogen-bond acceptors (Lipinski definition) is 3. The topological polar surface area (TPSA) is 57.6 Å². The van der Waals surface area contributed by atoms with Crippen molar-refractivity contribution in [1.82, 2.24) is 0 Å². The maximum absolute atomic E-state index is 13.5. The Kier molecular flexibility index (Phi) is 5.98. The summed E-state index contributed by atoms with van der Waals surface area (Å²) in [5.41, 5.74) is 4.19. The number of carbonyl (C=O) groups is 2. The number of para-hydroxylation sites is 1. The van der Waals surface area contributed by atoms with Crippen LogP contribution in [-0.2, 0) is 23.4 Å². The van der Waals surface area contributed by atoms with Gasteiger partial charge >= 0.3 is 0 Å². The first-order chi connectivity index (χ1) is 15.3. The number of rotatable bonds is 7. The van der Waals surface area contributed by atoms with Crippen LogP contribution >= 0.6 is 0 Å². The van der Waals surface area contributed by atoms with E-state index in [4.69, 9.17) is 0 Å². The molecule has 164 valence electrons. The number of benzene rings is 3. The summed E-state index contributed by atoms with van der Waals surface area (Å²) in [6.07, 6.45) is 1.71. The lowest BCUT2D eigenvalue weighted by Gasteiger charge is -2.23. The first-order valence-corrected chi connectivity index (χ1v) is 11.2. The maximum atomic E-state index is 13.5. The van der Waals surface area contributed by atoms with Gasteiger partial charge in [0.25, 0.3) is 5.91 Å². The van der Waals surface area contributed by atoms with Gasteiger partial charge in [-0.1, -0.05) is 79.6 Å². The summed E-state index contributed by atoms with van der Waals surface area (Å²) >= 11 is 0. The molecule has 0 bridgehead atoms. The number of anilines is 1. The molecule has 4 heteroatoms. The molecule has 0 fully saturated rings. The van der Waals surface area contributed by atoms with Gasteiger partial charge in [-0.3, -0.25) is 9.59 Å². The fourth-order valence-electron chi connectivity index (χ4n) is 4.46. The third-order valence-electron chi connectivity index (χ3n) is 6.30. The molecule has 0 spiro atoms. The second-order valence-electron chi connectivity index (χ2n) is 8.75. The first kappa shape index (κ1) is 22.0. The Morgan fingerprint density at radius 1 is 1.00 bits per heavy atom. The van der Waals surface area contributed by atoms with E-state index >= 15 is 0 Å². The number of ketones is 1. The monoisotopic (exact) mass is 427 g/mol. The molecule has 0 saturated carbocycles. The molecule has 0 unspecified atom stereocenters. The van der Waals surface area contributed by atoms with Gasteiger partial charge < -0.3 is 10.0 Å². The number of Topliss-reactive ketones (excluding diaryl/α,β-unsaturated/α-hetero) is 1. The minimum absolute atomic E-state index is 0.243. The number of aryl methyl sites for hydroxylation is 3. The molecule has 1 aliphatic heterocycles. The molecule has 32 heavy (non-hydrogen) atoms. The Balaban J connectivity index is 1.64. The number of nitrogens with zero attached hydrogens (tertiary/aromatic N) is 1. The van der Waals surface area contributed by atoms with Gasteiger partial charge in [-0.05, 0) is 43.0 Å². The van der Waals surface area contributed by atoms with E-state index in [1.54, 1.807) is 29.2 Å². The van der Waals surface area contributed by atoms with Gasteiger partial charge in [-0.15, -0.1) is 0 Å². The molecule has 3 aromatic rings. The molecule has 3 aromatic carbocycles. The summed E-state index contributed by atoms with van der Waals surface area (Å²) < 4.78 is 0. The Hall–Kier alpha value is -3.24. The fraction of sp³-hybridized carbons (Fsp3) is 0.286. The van der Waals surface area contributed by atoms with Crippen molar-refractivity contribution in [3.8, 4) is 0 Å². The van der Waals surface area contributed by atoms with Crippen LogP contribution in [0.4, 0.5) is 5.69 Å². The predicted molar refractivity (Wildman–Crippen MR) is 127 cm³/mol. The molecule has 1 amide bonds. The molecular weight excluding hydrogens is 398 g/mol. The predicted octanol–water partition coefficient (Wildman–Crippen LogP) is 5.26. The number of aliphatic hydroxyl groups is 1. The van der Waals surface area contributed by atoms with Crippen molar-refractivity contribution in [2.45, 2.75) is 52.2 Å². The lowest BCUT2D eigenvalue weighted by molar-refractivity contribution is -0.136. The molecule has 1 aliphatic rings. The number of fused-ring (bicyclic) bond motifs is 1. The third kappa shape index (κ3) is 3.98. The largest absolute Gasteiger partial charge is 0.375 e. The Labute approximate surface area is 189 Å².